The lowest BCUT2D eigenvalue weighted by Gasteiger charge is -2.40. The minimum atomic E-state index is -0.178. The summed E-state index contributed by atoms with van der Waals surface area (Å²) in [4.78, 5) is 14.6. The molecule has 1 spiro atoms. The molecule has 3 rings (SSSR count). The molecule has 2 saturated heterocycles. The Bertz CT molecular complexity index is 566. The van der Waals surface area contributed by atoms with Crippen molar-refractivity contribution in [1.82, 2.24) is 4.90 Å². The van der Waals surface area contributed by atoms with E-state index in [0.717, 1.165) is 44.2 Å². The number of hydrogen-bond acceptors (Lipinski definition) is 3. The number of likely N-dealkylation sites (tertiary alicyclic amines) is 1. The molecule has 0 bridgehead atoms. The van der Waals surface area contributed by atoms with E-state index >= 15 is 0 Å². The van der Waals surface area contributed by atoms with E-state index in [4.69, 9.17) is 10.00 Å². The van der Waals surface area contributed by atoms with Crippen LogP contribution in [0.4, 0.5) is 0 Å². The Morgan fingerprint density at radius 3 is 2.95 bits per heavy atom. The molecule has 22 heavy (non-hydrogen) atoms. The molecule has 0 aliphatic carbocycles. The maximum atomic E-state index is 12.6. The summed E-state index contributed by atoms with van der Waals surface area (Å²) >= 11 is 0. The first kappa shape index (κ1) is 15.1. The van der Waals surface area contributed by atoms with Gasteiger partial charge >= 0.3 is 0 Å². The number of carbonyl (C=O) groups is 1. The summed E-state index contributed by atoms with van der Waals surface area (Å²) in [5.41, 5.74) is 0.571. The van der Waals surface area contributed by atoms with Gasteiger partial charge in [0.15, 0.2) is 0 Å². The van der Waals surface area contributed by atoms with E-state index in [1.54, 1.807) is 0 Å². The lowest BCUT2D eigenvalue weighted by Crippen LogP contribution is -2.50. The van der Waals surface area contributed by atoms with E-state index in [2.05, 4.69) is 6.07 Å². The molecule has 4 nitrogen and oxygen atoms in total. The molecule has 1 aromatic carbocycles. The lowest BCUT2D eigenvalue weighted by atomic mass is 9.89. The maximum Gasteiger partial charge on any atom is 0.253 e. The Balaban J connectivity index is 1.65. The second-order valence-corrected chi connectivity index (χ2v) is 6.35. The van der Waals surface area contributed by atoms with Crippen molar-refractivity contribution in [3.63, 3.8) is 0 Å². The quantitative estimate of drug-likeness (QED) is 0.861. The zero-order valence-electron chi connectivity index (χ0n) is 12.8. The van der Waals surface area contributed by atoms with Gasteiger partial charge in [0.05, 0.1) is 17.8 Å². The van der Waals surface area contributed by atoms with Crippen LogP contribution in [-0.4, -0.2) is 35.6 Å². The summed E-state index contributed by atoms with van der Waals surface area (Å²) in [7, 11) is 0. The highest BCUT2D eigenvalue weighted by Gasteiger charge is 2.44. The molecule has 0 N–H and O–H groups in total. The number of rotatable bonds is 3. The van der Waals surface area contributed by atoms with Gasteiger partial charge in [0.2, 0.25) is 0 Å². The van der Waals surface area contributed by atoms with E-state index in [9.17, 15) is 4.79 Å². The Morgan fingerprint density at radius 1 is 1.36 bits per heavy atom. The highest BCUT2D eigenvalue weighted by Crippen LogP contribution is 2.39. The SMILES string of the molecule is N#CCC[C@@H]1CC[C@]2(CCCN(C(=O)c3ccccc3)C2)O1. The van der Waals surface area contributed by atoms with Crippen LogP contribution >= 0.6 is 0 Å². The molecule has 2 heterocycles. The molecular formula is C18H22N2O2. The number of piperidine rings is 1. The van der Waals surface area contributed by atoms with Gasteiger partial charge in [0.25, 0.3) is 5.91 Å². The predicted molar refractivity (Wildman–Crippen MR) is 83.3 cm³/mol. The zero-order chi connectivity index (χ0) is 15.4. The topological polar surface area (TPSA) is 53.3 Å². The van der Waals surface area contributed by atoms with E-state index in [1.165, 1.54) is 0 Å². The van der Waals surface area contributed by atoms with Crippen LogP contribution < -0.4 is 0 Å². The number of nitriles is 1. The summed E-state index contributed by atoms with van der Waals surface area (Å²) in [5, 5.41) is 8.71. The summed E-state index contributed by atoms with van der Waals surface area (Å²) in [6.45, 7) is 1.49. The van der Waals surface area contributed by atoms with Crippen molar-refractivity contribution in [2.24, 2.45) is 0 Å². The molecule has 116 valence electrons. The third kappa shape index (κ3) is 3.15. The molecule has 2 aliphatic heterocycles. The van der Waals surface area contributed by atoms with Gasteiger partial charge in [0.1, 0.15) is 0 Å². The monoisotopic (exact) mass is 298 g/mol. The Hall–Kier alpha value is -1.86. The molecular weight excluding hydrogens is 276 g/mol. The lowest BCUT2D eigenvalue weighted by molar-refractivity contribution is -0.0781. The van der Waals surface area contributed by atoms with Gasteiger partial charge in [-0.25, -0.2) is 0 Å². The van der Waals surface area contributed by atoms with Crippen molar-refractivity contribution in [2.75, 3.05) is 13.1 Å². The first-order chi connectivity index (χ1) is 10.7. The van der Waals surface area contributed by atoms with Gasteiger partial charge in [-0.2, -0.15) is 5.26 Å². The Kier molecular flexibility index (Phi) is 4.44. The van der Waals surface area contributed by atoms with Crippen LogP contribution in [0.5, 0.6) is 0 Å². The normalized spacial score (nSPS) is 27.8. The van der Waals surface area contributed by atoms with Crippen molar-refractivity contribution in [3.05, 3.63) is 35.9 Å². The van der Waals surface area contributed by atoms with Gasteiger partial charge in [-0.05, 0) is 44.2 Å². The first-order valence-electron chi connectivity index (χ1n) is 8.12. The number of carbonyl (C=O) groups excluding carboxylic acids is 1. The number of nitrogens with zero attached hydrogens (tertiary/aromatic N) is 2. The van der Waals surface area contributed by atoms with E-state index in [-0.39, 0.29) is 17.6 Å². The van der Waals surface area contributed by atoms with Crippen LogP contribution in [-0.2, 0) is 4.74 Å². The molecule has 2 aliphatic rings. The van der Waals surface area contributed by atoms with E-state index in [0.29, 0.717) is 13.0 Å². The summed E-state index contributed by atoms with van der Waals surface area (Å²) in [5.74, 6) is 0.101. The number of benzene rings is 1. The van der Waals surface area contributed by atoms with Crippen molar-refractivity contribution in [2.45, 2.75) is 50.2 Å². The van der Waals surface area contributed by atoms with E-state index < -0.39 is 0 Å². The summed E-state index contributed by atoms with van der Waals surface area (Å²) in [6, 6.07) is 11.7. The minimum Gasteiger partial charge on any atom is -0.370 e. The number of ether oxygens (including phenoxy) is 1. The van der Waals surface area contributed by atoms with Crippen molar-refractivity contribution in [3.8, 4) is 6.07 Å². The van der Waals surface area contributed by atoms with Gasteiger partial charge in [-0.3, -0.25) is 4.79 Å². The summed E-state index contributed by atoms with van der Waals surface area (Å²) < 4.78 is 6.26. The highest BCUT2D eigenvalue weighted by atomic mass is 16.5. The van der Waals surface area contributed by atoms with Crippen LogP contribution in [0.25, 0.3) is 0 Å². The van der Waals surface area contributed by atoms with Crippen LogP contribution in [0, 0.1) is 11.3 Å². The predicted octanol–water partition coefficient (Wildman–Crippen LogP) is 3.14. The van der Waals surface area contributed by atoms with Crippen LogP contribution in [0.15, 0.2) is 30.3 Å². The van der Waals surface area contributed by atoms with Crippen LogP contribution in [0.3, 0.4) is 0 Å². The molecule has 4 heteroatoms. The van der Waals surface area contributed by atoms with Crippen molar-refractivity contribution >= 4 is 5.91 Å². The van der Waals surface area contributed by atoms with E-state index in [1.807, 2.05) is 35.2 Å². The van der Waals surface area contributed by atoms with Crippen molar-refractivity contribution < 1.29 is 9.53 Å². The Labute approximate surface area is 131 Å². The second-order valence-electron chi connectivity index (χ2n) is 6.35. The van der Waals surface area contributed by atoms with Crippen LogP contribution in [0.2, 0.25) is 0 Å². The smallest absolute Gasteiger partial charge is 0.253 e. The number of hydrogen-bond donors (Lipinski definition) is 0. The Morgan fingerprint density at radius 2 is 2.18 bits per heavy atom. The molecule has 0 saturated carbocycles. The average Bonchev–Trinajstić information content (AvgIpc) is 2.95. The third-order valence-electron chi connectivity index (χ3n) is 4.76. The fraction of sp³-hybridized carbons (Fsp3) is 0.556. The maximum absolute atomic E-state index is 12.6. The number of amides is 1. The molecule has 1 amide bonds. The molecule has 0 unspecified atom stereocenters. The van der Waals surface area contributed by atoms with Crippen LogP contribution in [0.1, 0.15) is 48.9 Å². The fourth-order valence-corrected chi connectivity index (χ4v) is 3.66. The highest BCUT2D eigenvalue weighted by molar-refractivity contribution is 5.94. The molecule has 2 atom stereocenters. The molecule has 2 fully saturated rings. The largest absolute Gasteiger partial charge is 0.370 e. The van der Waals surface area contributed by atoms with Gasteiger partial charge in [-0.15, -0.1) is 0 Å². The standard InChI is InChI=1S/C18H22N2O2/c19-12-4-8-16-9-11-18(22-16)10-5-13-20(14-18)17(21)15-6-2-1-3-7-15/h1-3,6-7,16H,4-5,8-11,13-14H2/t16-,18+/m1/s1. The van der Waals surface area contributed by atoms with Crippen molar-refractivity contribution in [1.29, 1.82) is 5.26 Å². The molecule has 0 radical (unpaired) electrons. The average molecular weight is 298 g/mol. The zero-order valence-corrected chi connectivity index (χ0v) is 12.8. The second kappa shape index (κ2) is 6.50. The first-order valence-corrected chi connectivity index (χ1v) is 8.12. The summed E-state index contributed by atoms with van der Waals surface area (Å²) in [6.07, 6.45) is 5.57. The fourth-order valence-electron chi connectivity index (χ4n) is 3.66. The third-order valence-corrected chi connectivity index (χ3v) is 4.76. The molecule has 1 aromatic rings. The minimum absolute atomic E-state index is 0.101. The van der Waals surface area contributed by atoms with Gasteiger partial charge in [-0.1, -0.05) is 18.2 Å². The van der Waals surface area contributed by atoms with Gasteiger partial charge in [0, 0.05) is 25.1 Å². The molecule has 0 aromatic heterocycles. The van der Waals surface area contributed by atoms with Gasteiger partial charge < -0.3 is 9.64 Å².